The Balaban J connectivity index is 1.59. The summed E-state index contributed by atoms with van der Waals surface area (Å²) in [5, 5.41) is 4.46. The summed E-state index contributed by atoms with van der Waals surface area (Å²) in [4.78, 5) is 12.3. The lowest BCUT2D eigenvalue weighted by Crippen LogP contribution is -2.39. The zero-order valence-corrected chi connectivity index (χ0v) is 16.2. The summed E-state index contributed by atoms with van der Waals surface area (Å²) in [7, 11) is -2.40. The highest BCUT2D eigenvalue weighted by Gasteiger charge is 2.23. The van der Waals surface area contributed by atoms with E-state index < -0.39 is 15.9 Å². The van der Waals surface area contributed by atoms with Crippen LogP contribution in [0, 0.1) is 5.82 Å². The summed E-state index contributed by atoms with van der Waals surface area (Å²) >= 11 is 0. The molecule has 5 nitrogen and oxygen atoms in total. The van der Waals surface area contributed by atoms with E-state index in [2.05, 4.69) is 5.32 Å². The van der Waals surface area contributed by atoms with Crippen molar-refractivity contribution in [3.8, 4) is 0 Å². The highest BCUT2D eigenvalue weighted by Crippen LogP contribution is 2.21. The average Bonchev–Trinajstić information content (AvgIpc) is 2.69. The molecule has 28 heavy (non-hydrogen) atoms. The molecule has 3 rings (SSSR count). The van der Waals surface area contributed by atoms with Crippen LogP contribution < -0.4 is 5.32 Å². The summed E-state index contributed by atoms with van der Waals surface area (Å²) < 4.78 is 39.4. The summed E-state index contributed by atoms with van der Waals surface area (Å²) in [6.45, 7) is 0.0624. The van der Waals surface area contributed by atoms with Gasteiger partial charge in [-0.3, -0.25) is 4.79 Å². The Morgan fingerprint density at radius 1 is 1.00 bits per heavy atom. The van der Waals surface area contributed by atoms with Crippen LogP contribution in [-0.4, -0.2) is 38.8 Å². The Labute approximate surface area is 163 Å². The maximum Gasteiger partial charge on any atom is 0.243 e. The quantitative estimate of drug-likeness (QED) is 0.663. The fourth-order valence-electron chi connectivity index (χ4n) is 2.85. The second-order valence-electron chi connectivity index (χ2n) is 6.50. The molecule has 0 radical (unpaired) electrons. The van der Waals surface area contributed by atoms with Gasteiger partial charge in [-0.25, -0.2) is 12.8 Å². The van der Waals surface area contributed by atoms with Crippen LogP contribution in [0.4, 0.5) is 4.39 Å². The predicted octanol–water partition coefficient (Wildman–Crippen LogP) is 2.96. The van der Waals surface area contributed by atoms with Gasteiger partial charge in [-0.05, 0) is 47.0 Å². The maximum atomic E-state index is 12.9. The normalized spacial score (nSPS) is 11.7. The van der Waals surface area contributed by atoms with Gasteiger partial charge in [-0.15, -0.1) is 0 Å². The maximum absolute atomic E-state index is 12.9. The van der Waals surface area contributed by atoms with Gasteiger partial charge in [0.15, 0.2) is 0 Å². The van der Waals surface area contributed by atoms with Crippen LogP contribution >= 0.6 is 0 Å². The number of hydrogen-bond donors (Lipinski definition) is 1. The Hall–Kier alpha value is -2.77. The minimum Gasteiger partial charge on any atom is -0.355 e. The SMILES string of the molecule is CN(CC(=O)NCCc1ccc(F)cc1)S(=O)(=O)c1ccc2ccccc2c1. The largest absolute Gasteiger partial charge is 0.355 e. The number of likely N-dealkylation sites (N-methyl/N-ethyl adjacent to an activating group) is 1. The molecule has 0 aromatic heterocycles. The van der Waals surface area contributed by atoms with Crippen molar-refractivity contribution < 1.29 is 17.6 Å². The minimum atomic E-state index is -3.78. The molecule has 0 heterocycles. The summed E-state index contributed by atoms with van der Waals surface area (Å²) in [5.74, 6) is -0.706. The van der Waals surface area contributed by atoms with Gasteiger partial charge in [0.25, 0.3) is 0 Å². The standard InChI is InChI=1S/C21H21FN2O3S/c1-24(15-21(25)23-13-12-16-6-9-19(22)10-7-16)28(26,27)20-11-8-17-4-2-3-5-18(17)14-20/h2-11,14H,12-13,15H2,1H3,(H,23,25). The Morgan fingerprint density at radius 3 is 2.39 bits per heavy atom. The average molecular weight is 400 g/mol. The number of rotatable bonds is 7. The van der Waals surface area contributed by atoms with E-state index in [1.807, 2.05) is 24.3 Å². The number of carbonyl (C=O) groups excluding carboxylic acids is 1. The van der Waals surface area contributed by atoms with E-state index in [0.717, 1.165) is 20.6 Å². The third kappa shape index (κ3) is 4.74. The first kappa shape index (κ1) is 20.0. The molecule has 1 N–H and O–H groups in total. The van der Waals surface area contributed by atoms with Gasteiger partial charge in [0, 0.05) is 13.6 Å². The molecule has 0 fully saturated rings. The molecular weight excluding hydrogens is 379 g/mol. The van der Waals surface area contributed by atoms with Crippen molar-refractivity contribution in [2.75, 3.05) is 20.1 Å². The fourth-order valence-corrected chi connectivity index (χ4v) is 4.01. The second-order valence-corrected chi connectivity index (χ2v) is 8.54. The summed E-state index contributed by atoms with van der Waals surface area (Å²) in [5.41, 5.74) is 0.888. The van der Waals surface area contributed by atoms with Crippen LogP contribution in [0.2, 0.25) is 0 Å². The molecule has 0 aliphatic heterocycles. The lowest BCUT2D eigenvalue weighted by atomic mass is 10.1. The van der Waals surface area contributed by atoms with Crippen LogP contribution in [0.3, 0.4) is 0 Å². The minimum absolute atomic E-state index is 0.146. The van der Waals surface area contributed by atoms with Crippen molar-refractivity contribution in [2.45, 2.75) is 11.3 Å². The van der Waals surface area contributed by atoms with E-state index >= 15 is 0 Å². The molecule has 7 heteroatoms. The van der Waals surface area contributed by atoms with E-state index in [1.54, 1.807) is 30.3 Å². The third-order valence-electron chi connectivity index (χ3n) is 4.44. The van der Waals surface area contributed by atoms with E-state index in [9.17, 15) is 17.6 Å². The zero-order chi connectivity index (χ0) is 20.1. The highest BCUT2D eigenvalue weighted by atomic mass is 32.2. The van der Waals surface area contributed by atoms with Crippen LogP contribution in [0.1, 0.15) is 5.56 Å². The molecule has 0 saturated carbocycles. The van der Waals surface area contributed by atoms with Gasteiger partial charge in [0.05, 0.1) is 11.4 Å². The van der Waals surface area contributed by atoms with Crippen molar-refractivity contribution in [1.82, 2.24) is 9.62 Å². The van der Waals surface area contributed by atoms with Crippen LogP contribution in [-0.2, 0) is 21.2 Å². The topological polar surface area (TPSA) is 66.5 Å². The number of nitrogens with one attached hydrogen (secondary N) is 1. The molecular formula is C21H21FN2O3S. The number of benzene rings is 3. The summed E-state index contributed by atoms with van der Waals surface area (Å²) in [6.07, 6.45) is 0.535. The first-order chi connectivity index (χ1) is 13.4. The fraction of sp³-hybridized carbons (Fsp3) is 0.190. The molecule has 1 amide bonds. The third-order valence-corrected chi connectivity index (χ3v) is 6.24. The Kier molecular flexibility index (Phi) is 6.06. The molecule has 0 aliphatic rings. The predicted molar refractivity (Wildman–Crippen MR) is 107 cm³/mol. The van der Waals surface area contributed by atoms with Gasteiger partial charge in [0.2, 0.25) is 15.9 Å². The van der Waals surface area contributed by atoms with E-state index in [-0.39, 0.29) is 17.3 Å². The molecule has 146 valence electrons. The van der Waals surface area contributed by atoms with Crippen LogP contribution in [0.25, 0.3) is 10.8 Å². The molecule has 0 saturated heterocycles. The molecule has 0 atom stereocenters. The van der Waals surface area contributed by atoms with Crippen LogP contribution in [0.15, 0.2) is 71.6 Å². The number of amides is 1. The van der Waals surface area contributed by atoms with E-state index in [4.69, 9.17) is 0 Å². The van der Waals surface area contributed by atoms with Crippen molar-refractivity contribution in [3.05, 3.63) is 78.1 Å². The second kappa shape index (κ2) is 8.50. The number of fused-ring (bicyclic) bond motifs is 1. The van der Waals surface area contributed by atoms with E-state index in [1.165, 1.54) is 19.2 Å². The van der Waals surface area contributed by atoms with Crippen molar-refractivity contribution in [2.24, 2.45) is 0 Å². The highest BCUT2D eigenvalue weighted by molar-refractivity contribution is 7.89. The molecule has 0 spiro atoms. The monoisotopic (exact) mass is 400 g/mol. The van der Waals surface area contributed by atoms with Crippen LogP contribution in [0.5, 0.6) is 0 Å². The Morgan fingerprint density at radius 2 is 1.68 bits per heavy atom. The molecule has 3 aromatic carbocycles. The van der Waals surface area contributed by atoms with Gasteiger partial charge >= 0.3 is 0 Å². The lowest BCUT2D eigenvalue weighted by molar-refractivity contribution is -0.121. The molecule has 3 aromatic rings. The number of hydrogen-bond acceptors (Lipinski definition) is 3. The molecule has 0 aliphatic carbocycles. The lowest BCUT2D eigenvalue weighted by Gasteiger charge is -2.17. The van der Waals surface area contributed by atoms with Crippen molar-refractivity contribution in [1.29, 1.82) is 0 Å². The smallest absolute Gasteiger partial charge is 0.243 e. The van der Waals surface area contributed by atoms with Gasteiger partial charge in [-0.2, -0.15) is 4.31 Å². The first-order valence-electron chi connectivity index (χ1n) is 8.82. The van der Waals surface area contributed by atoms with Crippen molar-refractivity contribution in [3.63, 3.8) is 0 Å². The zero-order valence-electron chi connectivity index (χ0n) is 15.4. The summed E-state index contributed by atoms with van der Waals surface area (Å²) in [6, 6.07) is 18.4. The van der Waals surface area contributed by atoms with Crippen molar-refractivity contribution >= 4 is 26.7 Å². The van der Waals surface area contributed by atoms with Gasteiger partial charge in [-0.1, -0.05) is 42.5 Å². The number of halogens is 1. The number of carbonyl (C=O) groups is 1. The Bertz CT molecular complexity index is 1080. The molecule has 0 unspecified atom stereocenters. The molecule has 0 bridgehead atoms. The van der Waals surface area contributed by atoms with E-state index in [0.29, 0.717) is 13.0 Å². The number of sulfonamides is 1. The van der Waals surface area contributed by atoms with Gasteiger partial charge in [0.1, 0.15) is 5.82 Å². The number of nitrogens with zero attached hydrogens (tertiary/aromatic N) is 1. The van der Waals surface area contributed by atoms with Gasteiger partial charge < -0.3 is 5.32 Å². The first-order valence-corrected chi connectivity index (χ1v) is 10.3.